The quantitative estimate of drug-likeness (QED) is 0.169. The van der Waals surface area contributed by atoms with Crippen LogP contribution in [0.1, 0.15) is 83.1 Å². The number of ether oxygens (including phenoxy) is 14. The van der Waals surface area contributed by atoms with Gasteiger partial charge in [-0.15, -0.1) is 17.9 Å². The van der Waals surface area contributed by atoms with E-state index in [0.717, 1.165) is 0 Å². The second-order valence-electron chi connectivity index (χ2n) is 16.7. The molecule has 7 saturated heterocycles. The molecular weight excluding hydrogens is 776 g/mol. The summed E-state index contributed by atoms with van der Waals surface area (Å²) in [6, 6.07) is 0. The molecule has 15 atom stereocenters. The second-order valence-corrected chi connectivity index (χ2v) is 16.7. The van der Waals surface area contributed by atoms with E-state index >= 15 is 0 Å². The van der Waals surface area contributed by atoms with Crippen molar-refractivity contribution in [3.05, 3.63) is 36.8 Å². The van der Waals surface area contributed by atoms with E-state index in [1.807, 2.05) is 55.4 Å². The Morgan fingerprint density at radius 3 is 1.44 bits per heavy atom. The van der Waals surface area contributed by atoms with E-state index in [4.69, 9.17) is 72.7 Å². The smallest absolute Gasteiger partial charge is 0.305 e. The Morgan fingerprint density at radius 2 is 0.949 bits per heavy atom. The van der Waals surface area contributed by atoms with Crippen LogP contribution in [0.4, 0.5) is 0 Å². The van der Waals surface area contributed by atoms with Crippen LogP contribution in [-0.4, -0.2) is 127 Å². The first kappa shape index (κ1) is 46.6. The Kier molecular flexibility index (Phi) is 14.1. The van der Waals surface area contributed by atoms with E-state index in [2.05, 4.69) is 30.5 Å². The number of terminal acetylenes is 1. The lowest BCUT2D eigenvalue weighted by Gasteiger charge is -2.42. The number of carbonyl (C=O) groups excluding carboxylic acids is 3. The van der Waals surface area contributed by atoms with E-state index < -0.39 is 84.3 Å². The van der Waals surface area contributed by atoms with Crippen molar-refractivity contribution >= 4 is 17.9 Å². The monoisotopic (exact) mass is 834 g/mol. The van der Waals surface area contributed by atoms with Crippen LogP contribution in [0.2, 0.25) is 0 Å². The average Bonchev–Trinajstić information content (AvgIpc) is 3.81. The fraction of sp³-hybridized carbons (Fsp3) is 0.738. The van der Waals surface area contributed by atoms with Gasteiger partial charge in [-0.25, -0.2) is 0 Å². The third kappa shape index (κ3) is 11.1. The Hall–Kier alpha value is -3.43. The van der Waals surface area contributed by atoms with Crippen molar-refractivity contribution in [2.24, 2.45) is 5.92 Å². The molecule has 0 aromatic heterocycles. The normalized spacial score (nSPS) is 41.0. The molecule has 0 aromatic carbocycles. The van der Waals surface area contributed by atoms with Crippen LogP contribution in [0.15, 0.2) is 36.8 Å². The van der Waals surface area contributed by atoms with Crippen LogP contribution in [0.5, 0.6) is 0 Å². The van der Waals surface area contributed by atoms with E-state index in [0.29, 0.717) is 0 Å². The summed E-state index contributed by atoms with van der Waals surface area (Å²) in [7, 11) is 0. The van der Waals surface area contributed by atoms with E-state index in [-0.39, 0.29) is 48.6 Å². The molecule has 0 amide bonds. The van der Waals surface area contributed by atoms with E-state index in [1.165, 1.54) is 26.8 Å². The Morgan fingerprint density at radius 1 is 0.542 bits per heavy atom. The Labute approximate surface area is 345 Å². The molecule has 7 unspecified atom stereocenters. The minimum Gasteiger partial charge on any atom is -0.458 e. The lowest BCUT2D eigenvalue weighted by atomic mass is 9.90. The number of carbonyl (C=O) groups is 3. The molecular formula is C42H58O17. The maximum absolute atomic E-state index is 11.3. The van der Waals surface area contributed by atoms with E-state index in [1.54, 1.807) is 13.0 Å². The Balaban J connectivity index is 0.000000169. The lowest BCUT2D eigenvalue weighted by molar-refractivity contribution is -0.273. The van der Waals surface area contributed by atoms with Crippen molar-refractivity contribution in [2.45, 2.75) is 192 Å². The summed E-state index contributed by atoms with van der Waals surface area (Å²) in [5.41, 5.74) is 5.33. The minimum atomic E-state index is -1.18. The Bertz CT molecular complexity index is 1690. The van der Waals surface area contributed by atoms with Crippen molar-refractivity contribution < 1.29 is 80.7 Å². The zero-order chi connectivity index (χ0) is 43.8. The zero-order valence-electron chi connectivity index (χ0n) is 35.7. The fourth-order valence-electron chi connectivity index (χ4n) is 7.88. The molecule has 7 aliphatic heterocycles. The van der Waals surface area contributed by atoms with Crippen LogP contribution >= 0.6 is 0 Å². The van der Waals surface area contributed by atoms with Gasteiger partial charge in [-0.2, -0.15) is 0 Å². The van der Waals surface area contributed by atoms with Gasteiger partial charge in [0.1, 0.15) is 48.8 Å². The molecule has 17 heteroatoms. The third-order valence-electron chi connectivity index (χ3n) is 9.88. The van der Waals surface area contributed by atoms with Crippen molar-refractivity contribution in [3.63, 3.8) is 0 Å². The van der Waals surface area contributed by atoms with Crippen LogP contribution in [0.3, 0.4) is 0 Å². The first-order valence-corrected chi connectivity index (χ1v) is 19.5. The summed E-state index contributed by atoms with van der Waals surface area (Å²) < 4.78 is 79.4. The number of hydrogen-bond acceptors (Lipinski definition) is 17. The van der Waals surface area contributed by atoms with Crippen molar-refractivity contribution in [2.75, 3.05) is 0 Å². The first-order chi connectivity index (χ1) is 27.4. The van der Waals surface area contributed by atoms with Gasteiger partial charge in [-0.3, -0.25) is 14.4 Å². The number of esters is 3. The van der Waals surface area contributed by atoms with Gasteiger partial charge in [0.2, 0.25) is 12.4 Å². The highest BCUT2D eigenvalue weighted by molar-refractivity contribution is 5.68. The highest BCUT2D eigenvalue weighted by Gasteiger charge is 2.62. The summed E-state index contributed by atoms with van der Waals surface area (Å²) in [4.78, 5) is 33.9. The molecule has 0 aromatic rings. The summed E-state index contributed by atoms with van der Waals surface area (Å²) in [6.45, 7) is 27.4. The van der Waals surface area contributed by atoms with Gasteiger partial charge >= 0.3 is 17.9 Å². The fourth-order valence-corrected chi connectivity index (χ4v) is 7.88. The standard InChI is InChI=1S/C15H20O7.C14H20O5.C13H18O5/c1-6-7-12-8(2)13(19-9(3)16)14(20-10(4)17)15(22-12)21-11(5)18;1-6-7-8-9-10(17-13(2,3)16-9)11-12(15-8)19-14(4,5)18-11;1-6-7-8-9(16-12(2,3)15-8)10-11(14-7)18-13(4,5)17-10/h7-8,12-15H,1H2,2-5H3;7-12H,1H2,2-5H3;1,7-11H,2-5H3/t8-,12+,13-,14+,15?;8?,9-,10?,11+,12?;7?,8-,9?,10+,11?/m111/s1. The van der Waals surface area contributed by atoms with Crippen LogP contribution < -0.4 is 0 Å². The summed E-state index contributed by atoms with van der Waals surface area (Å²) in [6.07, 6.45) is 1.81. The minimum absolute atomic E-state index is 0.217. The average molecular weight is 835 g/mol. The van der Waals surface area contributed by atoms with Crippen LogP contribution in [-0.2, 0) is 80.7 Å². The molecule has 0 saturated carbocycles. The molecule has 7 rings (SSSR count). The van der Waals surface area contributed by atoms with Crippen molar-refractivity contribution in [1.82, 2.24) is 0 Å². The predicted octanol–water partition coefficient (Wildman–Crippen LogP) is 3.86. The van der Waals surface area contributed by atoms with Crippen molar-refractivity contribution in [1.29, 1.82) is 0 Å². The summed E-state index contributed by atoms with van der Waals surface area (Å²) >= 11 is 0. The van der Waals surface area contributed by atoms with Gasteiger partial charge in [0.05, 0.1) is 6.10 Å². The van der Waals surface area contributed by atoms with Crippen LogP contribution in [0.25, 0.3) is 0 Å². The summed E-state index contributed by atoms with van der Waals surface area (Å²) in [5.74, 6) is -2.23. The zero-order valence-corrected chi connectivity index (χ0v) is 35.7. The van der Waals surface area contributed by atoms with Gasteiger partial charge in [0, 0.05) is 26.7 Å². The van der Waals surface area contributed by atoms with Gasteiger partial charge in [-0.1, -0.05) is 26.0 Å². The first-order valence-electron chi connectivity index (χ1n) is 19.5. The van der Waals surface area contributed by atoms with Gasteiger partial charge in [0.25, 0.3) is 0 Å². The molecule has 0 radical (unpaired) electrons. The van der Waals surface area contributed by atoms with Gasteiger partial charge < -0.3 is 66.3 Å². The molecule has 0 bridgehead atoms. The molecule has 0 N–H and O–H groups in total. The highest BCUT2D eigenvalue weighted by Crippen LogP contribution is 2.45. The molecule has 17 nitrogen and oxygen atoms in total. The molecule has 0 aliphatic carbocycles. The molecule has 0 spiro atoms. The number of hydrogen-bond donors (Lipinski definition) is 0. The maximum atomic E-state index is 11.3. The predicted molar refractivity (Wildman–Crippen MR) is 202 cm³/mol. The molecule has 7 heterocycles. The largest absolute Gasteiger partial charge is 0.458 e. The number of rotatable bonds is 5. The maximum Gasteiger partial charge on any atom is 0.305 e. The molecule has 7 aliphatic rings. The summed E-state index contributed by atoms with van der Waals surface area (Å²) in [5, 5.41) is 0. The lowest BCUT2D eigenvalue weighted by Crippen LogP contribution is -2.57. The highest BCUT2D eigenvalue weighted by atomic mass is 16.9. The van der Waals surface area contributed by atoms with Gasteiger partial charge in [-0.05, 0) is 67.5 Å². The van der Waals surface area contributed by atoms with Crippen molar-refractivity contribution in [3.8, 4) is 12.3 Å². The molecule has 59 heavy (non-hydrogen) atoms. The molecule has 328 valence electrons. The SMILES string of the molecule is C#CC1OC2OC(C)(C)O[C@H]2C2OC(C)(C)O[C@H]12.C=C=CC1OC2OC(C)(C)O[C@H]2C2OC(C)(C)O[C@H]12.C=C=C[C@@H]1OC(OC(C)=O)[C@@H](OC(C)=O)[C@H](OC(C)=O)[C@@H]1C. The van der Waals surface area contributed by atoms with Crippen LogP contribution in [0, 0.1) is 18.3 Å². The number of fused-ring (bicyclic) bond motifs is 6. The second kappa shape index (κ2) is 17.9. The van der Waals surface area contributed by atoms with E-state index in [9.17, 15) is 14.4 Å². The molecule has 7 fully saturated rings. The van der Waals surface area contributed by atoms with Gasteiger partial charge in [0.15, 0.2) is 41.8 Å². The third-order valence-corrected chi connectivity index (χ3v) is 9.88. The topological polar surface area (TPSA) is 180 Å².